The first-order valence-corrected chi connectivity index (χ1v) is 10.9. The molecule has 0 aliphatic rings. The molecule has 0 saturated carbocycles. The Labute approximate surface area is 201 Å². The number of halogens is 4. The first kappa shape index (κ1) is 25.4. The average Bonchev–Trinajstić information content (AvgIpc) is 2.73. The predicted molar refractivity (Wildman–Crippen MR) is 125 cm³/mol. The van der Waals surface area contributed by atoms with E-state index in [9.17, 15) is 0 Å². The molecule has 0 bridgehead atoms. The number of nitrogens with zero attached hydrogens (tertiary/aromatic N) is 1. The minimum absolute atomic E-state index is 0.122. The topological polar surface area (TPSA) is 61.8 Å². The summed E-state index contributed by atoms with van der Waals surface area (Å²) in [5, 5.41) is 0.682. The van der Waals surface area contributed by atoms with Crippen LogP contribution in [0, 0.1) is 0 Å². The van der Waals surface area contributed by atoms with Gasteiger partial charge in [0.15, 0.2) is 5.75 Å². The molecule has 0 fully saturated rings. The Morgan fingerprint density at radius 1 is 1.06 bits per heavy atom. The van der Waals surface area contributed by atoms with Gasteiger partial charge in [-0.05, 0) is 30.7 Å². The molecule has 0 unspecified atom stereocenters. The maximum atomic E-state index is 6.24. The predicted octanol–water partition coefficient (Wildman–Crippen LogP) is 6.45. The van der Waals surface area contributed by atoms with Gasteiger partial charge in [0.2, 0.25) is 5.88 Å². The highest BCUT2D eigenvalue weighted by atomic mass is 35.5. The van der Waals surface area contributed by atoms with Crippen LogP contribution in [-0.2, 0) is 4.84 Å². The molecule has 2 rings (SSSR count). The first-order chi connectivity index (χ1) is 15.0. The van der Waals surface area contributed by atoms with Crippen LogP contribution in [0.3, 0.4) is 0 Å². The number of hydrogen-bond acceptors (Lipinski definition) is 6. The minimum Gasteiger partial charge on any atom is -0.490 e. The van der Waals surface area contributed by atoms with Crippen molar-refractivity contribution in [3.05, 3.63) is 62.8 Å². The van der Waals surface area contributed by atoms with E-state index < -0.39 is 0 Å². The maximum Gasteiger partial charge on any atom is 0.213 e. The highest BCUT2D eigenvalue weighted by molar-refractivity contribution is 6.55. The lowest BCUT2D eigenvalue weighted by Crippen LogP contribution is -2.06. The molecule has 10 heteroatoms. The van der Waals surface area contributed by atoms with Crippen molar-refractivity contribution in [2.45, 2.75) is 13.3 Å². The summed E-state index contributed by atoms with van der Waals surface area (Å²) < 4.78 is 16.9. The van der Waals surface area contributed by atoms with Crippen LogP contribution < -0.4 is 19.7 Å². The lowest BCUT2D eigenvalue weighted by molar-refractivity contribution is 0.0831. The SMILES string of the molecule is CCONC=Cc1ccc(OCCCOc2c(Cl)cc(OCC=C(Cl)Cl)cc2Cl)nc1. The van der Waals surface area contributed by atoms with Gasteiger partial charge >= 0.3 is 0 Å². The fourth-order valence-corrected chi connectivity index (χ4v) is 2.91. The van der Waals surface area contributed by atoms with Crippen LogP contribution in [0.15, 0.2) is 47.2 Å². The quantitative estimate of drug-likeness (QED) is 0.248. The lowest BCUT2D eigenvalue weighted by Gasteiger charge is -2.12. The molecule has 1 N–H and O–H groups in total. The zero-order valence-electron chi connectivity index (χ0n) is 16.7. The van der Waals surface area contributed by atoms with Crippen molar-refractivity contribution in [1.82, 2.24) is 10.5 Å². The molecule has 0 atom stereocenters. The van der Waals surface area contributed by atoms with Crippen molar-refractivity contribution >= 4 is 52.5 Å². The van der Waals surface area contributed by atoms with Crippen LogP contribution in [0.25, 0.3) is 6.08 Å². The molecule has 0 spiro atoms. The van der Waals surface area contributed by atoms with Crippen LogP contribution in [-0.4, -0.2) is 31.4 Å². The summed E-state index contributed by atoms with van der Waals surface area (Å²) in [6.45, 7) is 3.47. The van der Waals surface area contributed by atoms with E-state index >= 15 is 0 Å². The van der Waals surface area contributed by atoms with E-state index in [1.54, 1.807) is 30.6 Å². The molecular weight excluding hydrogens is 486 g/mol. The highest BCUT2D eigenvalue weighted by Gasteiger charge is 2.10. The Morgan fingerprint density at radius 3 is 2.45 bits per heavy atom. The summed E-state index contributed by atoms with van der Waals surface area (Å²) in [4.78, 5) is 9.25. The van der Waals surface area contributed by atoms with E-state index in [2.05, 4.69) is 10.5 Å². The van der Waals surface area contributed by atoms with E-state index in [0.29, 0.717) is 53.7 Å². The van der Waals surface area contributed by atoms with Gasteiger partial charge in [-0.1, -0.05) is 46.4 Å². The molecule has 0 amide bonds. The minimum atomic E-state index is 0.122. The smallest absolute Gasteiger partial charge is 0.213 e. The number of aromatic nitrogens is 1. The summed E-state index contributed by atoms with van der Waals surface area (Å²) >= 11 is 23.6. The van der Waals surface area contributed by atoms with Gasteiger partial charge in [-0.3, -0.25) is 10.3 Å². The van der Waals surface area contributed by atoms with E-state index in [0.717, 1.165) is 5.56 Å². The van der Waals surface area contributed by atoms with Gasteiger partial charge in [0.05, 0.1) is 29.9 Å². The molecule has 2 aromatic rings. The number of ether oxygens (including phenoxy) is 3. The molecule has 0 radical (unpaired) electrons. The molecule has 1 aromatic carbocycles. The number of rotatable bonds is 13. The standard InChI is InChI=1S/C21H22Cl4N2O4/c1-2-31-27-8-6-15-4-5-20(26-14-15)29-9-3-10-30-21-17(22)12-16(13-18(21)23)28-11-7-19(24)25/h4-8,12-14,27H,2-3,9-11H2,1H3. The Morgan fingerprint density at radius 2 is 1.81 bits per heavy atom. The molecule has 0 aliphatic heterocycles. The highest BCUT2D eigenvalue weighted by Crippen LogP contribution is 2.37. The van der Waals surface area contributed by atoms with Gasteiger partial charge in [-0.15, -0.1) is 0 Å². The van der Waals surface area contributed by atoms with Gasteiger partial charge in [-0.2, -0.15) is 0 Å². The molecule has 0 aliphatic carbocycles. The second-order valence-corrected chi connectivity index (χ2v) is 7.71. The Balaban J connectivity index is 1.73. The summed E-state index contributed by atoms with van der Waals surface area (Å²) in [6, 6.07) is 6.90. The number of nitrogens with one attached hydrogen (secondary N) is 1. The summed E-state index contributed by atoms with van der Waals surface area (Å²) in [5.74, 6) is 1.39. The molecule has 31 heavy (non-hydrogen) atoms. The number of hydroxylamine groups is 1. The van der Waals surface area contributed by atoms with Gasteiger partial charge in [0, 0.05) is 37.0 Å². The van der Waals surface area contributed by atoms with Gasteiger partial charge in [0.1, 0.15) is 16.8 Å². The summed E-state index contributed by atoms with van der Waals surface area (Å²) in [5.41, 5.74) is 3.61. The van der Waals surface area contributed by atoms with Gasteiger partial charge in [-0.25, -0.2) is 4.98 Å². The van der Waals surface area contributed by atoms with Gasteiger partial charge in [0.25, 0.3) is 0 Å². The van der Waals surface area contributed by atoms with E-state index in [4.69, 9.17) is 65.5 Å². The first-order valence-electron chi connectivity index (χ1n) is 9.38. The fourth-order valence-electron chi connectivity index (χ4n) is 2.21. The molecule has 1 aromatic heterocycles. The van der Waals surface area contributed by atoms with Crippen molar-refractivity contribution in [1.29, 1.82) is 0 Å². The van der Waals surface area contributed by atoms with Crippen molar-refractivity contribution in [3.63, 3.8) is 0 Å². The monoisotopic (exact) mass is 506 g/mol. The third kappa shape index (κ3) is 9.89. The van der Waals surface area contributed by atoms with E-state index in [-0.39, 0.29) is 11.1 Å². The Bertz CT molecular complexity index is 849. The fraction of sp³-hybridized carbons (Fsp3) is 0.286. The normalized spacial score (nSPS) is 10.7. The van der Waals surface area contributed by atoms with Crippen molar-refractivity contribution < 1.29 is 19.0 Å². The number of pyridine rings is 1. The largest absolute Gasteiger partial charge is 0.490 e. The summed E-state index contributed by atoms with van der Waals surface area (Å²) in [7, 11) is 0. The molecule has 6 nitrogen and oxygen atoms in total. The molecule has 168 valence electrons. The van der Waals surface area contributed by atoms with Crippen LogP contribution in [0.5, 0.6) is 17.4 Å². The van der Waals surface area contributed by atoms with Crippen LogP contribution in [0.1, 0.15) is 18.9 Å². The number of benzene rings is 1. The number of hydrogen-bond donors (Lipinski definition) is 1. The summed E-state index contributed by atoms with van der Waals surface area (Å²) in [6.07, 6.45) is 7.36. The average molecular weight is 508 g/mol. The van der Waals surface area contributed by atoms with E-state index in [1.807, 2.05) is 19.1 Å². The third-order valence-electron chi connectivity index (χ3n) is 3.58. The van der Waals surface area contributed by atoms with Crippen molar-refractivity contribution in [2.24, 2.45) is 0 Å². The van der Waals surface area contributed by atoms with Crippen LogP contribution >= 0.6 is 46.4 Å². The second-order valence-electron chi connectivity index (χ2n) is 5.89. The van der Waals surface area contributed by atoms with Gasteiger partial charge < -0.3 is 14.2 Å². The maximum absolute atomic E-state index is 6.24. The lowest BCUT2D eigenvalue weighted by atomic mass is 10.3. The Kier molecular flexibility index (Phi) is 11.7. The Hall–Kier alpha value is -1.83. The van der Waals surface area contributed by atoms with Crippen molar-refractivity contribution in [3.8, 4) is 17.4 Å². The second kappa shape index (κ2) is 14.3. The zero-order valence-corrected chi connectivity index (χ0v) is 19.8. The third-order valence-corrected chi connectivity index (χ3v) is 4.45. The van der Waals surface area contributed by atoms with Crippen LogP contribution in [0.2, 0.25) is 10.0 Å². The molecule has 0 saturated heterocycles. The molecular formula is C21H22Cl4N2O4. The van der Waals surface area contributed by atoms with E-state index in [1.165, 1.54) is 6.08 Å². The van der Waals surface area contributed by atoms with Crippen molar-refractivity contribution in [2.75, 3.05) is 26.4 Å². The zero-order chi connectivity index (χ0) is 22.5. The molecule has 1 heterocycles. The van der Waals surface area contributed by atoms with Crippen LogP contribution in [0.4, 0.5) is 0 Å².